The molecular weight excluding hydrogens is 345 g/mol. The Morgan fingerprint density at radius 1 is 1.33 bits per heavy atom. The molecule has 1 aliphatic rings. The van der Waals surface area contributed by atoms with Crippen molar-refractivity contribution in [1.29, 1.82) is 0 Å². The maximum Gasteiger partial charge on any atom is 0.416 e. The number of benzene rings is 1. The number of carbonyl (C=O) groups excluding carboxylic acids is 1. The molecule has 1 aromatic carbocycles. The summed E-state index contributed by atoms with van der Waals surface area (Å²) in [5.41, 5.74) is -0.952. The number of nitrogens with zero attached hydrogens (tertiary/aromatic N) is 1. The molecule has 134 valence electrons. The monoisotopic (exact) mass is 364 g/mol. The van der Waals surface area contributed by atoms with Gasteiger partial charge in [0.15, 0.2) is 9.84 Å². The zero-order valence-corrected chi connectivity index (χ0v) is 14.2. The molecule has 1 N–H and O–H groups in total. The molecule has 2 rings (SSSR count). The van der Waals surface area contributed by atoms with E-state index in [0.717, 1.165) is 31.4 Å². The molecule has 1 aromatic rings. The number of likely N-dealkylation sites (tertiary alicyclic amines) is 1. The van der Waals surface area contributed by atoms with Gasteiger partial charge in [-0.05, 0) is 50.2 Å². The zero-order chi connectivity index (χ0) is 18.1. The highest BCUT2D eigenvalue weighted by molar-refractivity contribution is 7.90. The summed E-state index contributed by atoms with van der Waals surface area (Å²) in [6, 6.07) is 2.31. The topological polar surface area (TPSA) is 66.5 Å². The molecular formula is C15H19F3N2O3S. The lowest BCUT2D eigenvalue weighted by Gasteiger charge is -2.19. The van der Waals surface area contributed by atoms with Crippen LogP contribution in [0.3, 0.4) is 0 Å². The fourth-order valence-corrected chi connectivity index (χ4v) is 3.40. The van der Waals surface area contributed by atoms with Crippen molar-refractivity contribution in [2.45, 2.75) is 36.5 Å². The fourth-order valence-electron chi connectivity index (χ4n) is 2.69. The second-order valence-electron chi connectivity index (χ2n) is 5.99. The number of rotatable bonds is 4. The molecule has 1 amide bonds. The van der Waals surface area contributed by atoms with Crippen LogP contribution in [0, 0.1) is 0 Å². The van der Waals surface area contributed by atoms with Gasteiger partial charge in [-0.15, -0.1) is 0 Å². The van der Waals surface area contributed by atoms with Crippen LogP contribution in [0.2, 0.25) is 0 Å². The zero-order valence-electron chi connectivity index (χ0n) is 13.4. The number of alkyl halides is 3. The molecule has 0 aromatic heterocycles. The highest BCUT2D eigenvalue weighted by Crippen LogP contribution is 2.31. The quantitative estimate of drug-likeness (QED) is 0.885. The molecule has 1 aliphatic heterocycles. The third kappa shape index (κ3) is 4.47. The number of sulfone groups is 1. The van der Waals surface area contributed by atoms with Gasteiger partial charge in [0.05, 0.1) is 16.5 Å². The number of halogens is 3. The molecule has 5 nitrogen and oxygen atoms in total. The van der Waals surface area contributed by atoms with Crippen LogP contribution in [0.1, 0.15) is 24.0 Å². The Morgan fingerprint density at radius 3 is 2.50 bits per heavy atom. The maximum absolute atomic E-state index is 12.9. The molecule has 1 saturated heterocycles. The van der Waals surface area contributed by atoms with Gasteiger partial charge in [-0.1, -0.05) is 0 Å². The highest BCUT2D eigenvalue weighted by Gasteiger charge is 2.32. The molecule has 24 heavy (non-hydrogen) atoms. The first-order chi connectivity index (χ1) is 11.0. The molecule has 0 aliphatic carbocycles. The predicted molar refractivity (Wildman–Crippen MR) is 82.1 cm³/mol. The largest absolute Gasteiger partial charge is 0.416 e. The summed E-state index contributed by atoms with van der Waals surface area (Å²) in [5, 5.41) is 2.59. The van der Waals surface area contributed by atoms with Gasteiger partial charge < -0.3 is 5.32 Å². The van der Waals surface area contributed by atoms with Gasteiger partial charge in [-0.25, -0.2) is 8.42 Å². The van der Waals surface area contributed by atoms with Gasteiger partial charge in [-0.2, -0.15) is 13.2 Å². The van der Waals surface area contributed by atoms with E-state index in [1.807, 2.05) is 11.9 Å². The van der Waals surface area contributed by atoms with E-state index in [1.165, 1.54) is 0 Å². The van der Waals surface area contributed by atoms with Crippen LogP contribution >= 0.6 is 0 Å². The average Bonchev–Trinajstić information content (AvgIpc) is 2.89. The molecule has 0 radical (unpaired) electrons. The Bertz CT molecular complexity index is 732. The highest BCUT2D eigenvalue weighted by atomic mass is 32.2. The van der Waals surface area contributed by atoms with Gasteiger partial charge >= 0.3 is 6.18 Å². The molecule has 0 bridgehead atoms. The minimum absolute atomic E-state index is 0.0965. The van der Waals surface area contributed by atoms with Gasteiger partial charge in [0, 0.05) is 12.8 Å². The average molecular weight is 364 g/mol. The van der Waals surface area contributed by atoms with Crippen LogP contribution < -0.4 is 5.32 Å². The summed E-state index contributed by atoms with van der Waals surface area (Å²) in [6.07, 6.45) is -2.24. The lowest BCUT2D eigenvalue weighted by Crippen LogP contribution is -2.41. The summed E-state index contributed by atoms with van der Waals surface area (Å²) in [6.45, 7) is 0.634. The normalized spacial score (nSPS) is 19.5. The summed E-state index contributed by atoms with van der Waals surface area (Å²) in [7, 11) is -1.98. The molecule has 9 heteroatoms. The van der Waals surface area contributed by atoms with Crippen molar-refractivity contribution < 1.29 is 26.4 Å². The van der Waals surface area contributed by atoms with E-state index in [4.69, 9.17) is 0 Å². The van der Waals surface area contributed by atoms with Gasteiger partial charge in [0.25, 0.3) is 0 Å². The first kappa shape index (κ1) is 18.7. The molecule has 1 heterocycles. The minimum atomic E-state index is -4.66. The third-order valence-electron chi connectivity index (χ3n) is 4.01. The summed E-state index contributed by atoms with van der Waals surface area (Å²) >= 11 is 0. The van der Waals surface area contributed by atoms with E-state index in [0.29, 0.717) is 12.5 Å². The number of carbonyl (C=O) groups is 1. The van der Waals surface area contributed by atoms with Crippen molar-refractivity contribution in [3.63, 3.8) is 0 Å². The summed E-state index contributed by atoms with van der Waals surface area (Å²) < 4.78 is 62.0. The Morgan fingerprint density at radius 2 is 2.00 bits per heavy atom. The van der Waals surface area contributed by atoms with Crippen LogP contribution in [0.5, 0.6) is 0 Å². The number of nitrogens with one attached hydrogen (secondary N) is 1. The van der Waals surface area contributed by atoms with E-state index < -0.39 is 26.5 Å². The maximum atomic E-state index is 12.9. The lowest BCUT2D eigenvalue weighted by atomic mass is 10.1. The van der Waals surface area contributed by atoms with Gasteiger partial charge in [-0.3, -0.25) is 9.69 Å². The van der Waals surface area contributed by atoms with Gasteiger partial charge in [0.2, 0.25) is 5.91 Å². The number of hydrogen-bond acceptors (Lipinski definition) is 4. The van der Waals surface area contributed by atoms with Crippen molar-refractivity contribution in [3.05, 3.63) is 29.3 Å². The van der Waals surface area contributed by atoms with Gasteiger partial charge in [0.1, 0.15) is 0 Å². The van der Waals surface area contributed by atoms with Crippen molar-refractivity contribution in [2.24, 2.45) is 0 Å². The first-order valence-electron chi connectivity index (χ1n) is 7.37. The van der Waals surface area contributed by atoms with Crippen LogP contribution in [0.15, 0.2) is 23.1 Å². The smallest absolute Gasteiger partial charge is 0.351 e. The SMILES string of the molecule is CN1CCCC1C(=O)NCc1cc(C(F)(F)F)cc(S(C)(=O)=O)c1. The van der Waals surface area contributed by atoms with Crippen LogP contribution in [0.25, 0.3) is 0 Å². The Kier molecular flexibility index (Phi) is 5.24. The third-order valence-corrected chi connectivity index (χ3v) is 5.10. The Hall–Kier alpha value is -1.61. The number of likely N-dealkylation sites (N-methyl/N-ethyl adjacent to an activating group) is 1. The lowest BCUT2D eigenvalue weighted by molar-refractivity contribution is -0.137. The number of hydrogen-bond donors (Lipinski definition) is 1. The second kappa shape index (κ2) is 6.72. The molecule has 0 spiro atoms. The van der Waals surface area contributed by atoms with Crippen molar-refractivity contribution in [2.75, 3.05) is 19.8 Å². The Labute approximate surface area is 138 Å². The van der Waals surface area contributed by atoms with Crippen LogP contribution in [0.4, 0.5) is 13.2 Å². The van der Waals surface area contributed by atoms with Crippen LogP contribution in [-0.4, -0.2) is 45.1 Å². The van der Waals surface area contributed by atoms with E-state index in [2.05, 4.69) is 5.32 Å². The predicted octanol–water partition coefficient (Wildman–Crippen LogP) is 1.82. The molecule has 1 atom stereocenters. The number of amides is 1. The van der Waals surface area contributed by atoms with Crippen LogP contribution in [-0.2, 0) is 27.4 Å². The van der Waals surface area contributed by atoms with E-state index >= 15 is 0 Å². The van der Waals surface area contributed by atoms with Crippen molar-refractivity contribution >= 4 is 15.7 Å². The van der Waals surface area contributed by atoms with E-state index in [9.17, 15) is 26.4 Å². The Balaban J connectivity index is 2.21. The standard InChI is InChI=1S/C15H19F3N2O3S/c1-20-5-3-4-13(20)14(21)19-9-10-6-11(15(16,17)18)8-12(7-10)24(2,22)23/h6-8,13H,3-5,9H2,1-2H3,(H,19,21). The van der Waals surface area contributed by atoms with Crippen molar-refractivity contribution in [3.8, 4) is 0 Å². The fraction of sp³-hybridized carbons (Fsp3) is 0.533. The minimum Gasteiger partial charge on any atom is -0.351 e. The molecule has 1 fully saturated rings. The van der Waals surface area contributed by atoms with E-state index in [1.54, 1.807) is 0 Å². The summed E-state index contributed by atoms with van der Waals surface area (Å²) in [4.78, 5) is 13.6. The molecule has 0 saturated carbocycles. The van der Waals surface area contributed by atoms with Crippen molar-refractivity contribution in [1.82, 2.24) is 10.2 Å². The van der Waals surface area contributed by atoms with E-state index in [-0.39, 0.29) is 24.1 Å². The first-order valence-corrected chi connectivity index (χ1v) is 9.27. The summed E-state index contributed by atoms with van der Waals surface area (Å²) in [5.74, 6) is -0.270. The molecule has 1 unspecified atom stereocenters. The second-order valence-corrected chi connectivity index (χ2v) is 8.01.